The van der Waals surface area contributed by atoms with Crippen LogP contribution < -0.4 is 19.8 Å². The SMILES string of the molecule is COc1ccc2c(c1)[nH]c1c(=O)n(/N=C/c3cc(OC)c(O)c(OC)c3)cnc12. The van der Waals surface area contributed by atoms with Crippen LogP contribution in [0.2, 0.25) is 0 Å². The summed E-state index contributed by atoms with van der Waals surface area (Å²) >= 11 is 0. The fourth-order valence-electron chi connectivity index (χ4n) is 3.06. The van der Waals surface area contributed by atoms with Crippen LogP contribution in [-0.2, 0) is 0 Å². The van der Waals surface area contributed by atoms with Crippen molar-refractivity contribution < 1.29 is 19.3 Å². The highest BCUT2D eigenvalue weighted by Crippen LogP contribution is 2.36. The first-order chi connectivity index (χ1) is 14.0. The molecular weight excluding hydrogens is 376 g/mol. The zero-order valence-corrected chi connectivity index (χ0v) is 16.0. The van der Waals surface area contributed by atoms with E-state index in [-0.39, 0.29) is 22.8 Å². The molecule has 0 amide bonds. The predicted octanol–water partition coefficient (Wildman–Crippen LogP) is 2.49. The molecule has 9 nitrogen and oxygen atoms in total. The van der Waals surface area contributed by atoms with Crippen LogP contribution in [-0.4, -0.2) is 47.3 Å². The van der Waals surface area contributed by atoms with Crippen molar-refractivity contribution in [3.05, 3.63) is 52.6 Å². The highest BCUT2D eigenvalue weighted by atomic mass is 16.5. The number of ether oxygens (including phenoxy) is 3. The van der Waals surface area contributed by atoms with Gasteiger partial charge in [-0.3, -0.25) is 4.79 Å². The number of phenols is 1. The molecule has 0 atom stereocenters. The Morgan fingerprint density at radius 2 is 1.83 bits per heavy atom. The van der Waals surface area contributed by atoms with Gasteiger partial charge in [-0.05, 0) is 24.3 Å². The molecule has 0 bridgehead atoms. The number of methoxy groups -OCH3 is 3. The molecule has 0 spiro atoms. The smallest absolute Gasteiger partial charge is 0.298 e. The van der Waals surface area contributed by atoms with Crippen molar-refractivity contribution in [3.63, 3.8) is 0 Å². The van der Waals surface area contributed by atoms with Crippen molar-refractivity contribution in [1.82, 2.24) is 14.6 Å². The van der Waals surface area contributed by atoms with E-state index < -0.39 is 0 Å². The maximum absolute atomic E-state index is 12.8. The second-order valence-corrected chi connectivity index (χ2v) is 6.17. The Morgan fingerprint density at radius 1 is 1.10 bits per heavy atom. The predicted molar refractivity (Wildman–Crippen MR) is 109 cm³/mol. The third-order valence-corrected chi connectivity index (χ3v) is 4.53. The van der Waals surface area contributed by atoms with Gasteiger partial charge in [0.2, 0.25) is 5.75 Å². The molecule has 0 aliphatic heterocycles. The molecule has 2 heterocycles. The van der Waals surface area contributed by atoms with E-state index in [0.717, 1.165) is 15.6 Å². The summed E-state index contributed by atoms with van der Waals surface area (Å²) in [4.78, 5) is 20.3. The van der Waals surface area contributed by atoms with E-state index in [1.807, 2.05) is 12.1 Å². The number of rotatable bonds is 5. The van der Waals surface area contributed by atoms with Crippen molar-refractivity contribution in [3.8, 4) is 23.0 Å². The minimum absolute atomic E-state index is 0.110. The van der Waals surface area contributed by atoms with Crippen LogP contribution in [0, 0.1) is 0 Å². The summed E-state index contributed by atoms with van der Waals surface area (Å²) < 4.78 is 16.6. The van der Waals surface area contributed by atoms with Gasteiger partial charge in [0.25, 0.3) is 5.56 Å². The van der Waals surface area contributed by atoms with E-state index in [1.54, 1.807) is 25.3 Å². The summed E-state index contributed by atoms with van der Waals surface area (Å²) in [5.74, 6) is 1.03. The molecule has 0 radical (unpaired) electrons. The topological polar surface area (TPSA) is 111 Å². The number of hydrogen-bond donors (Lipinski definition) is 2. The average Bonchev–Trinajstić information content (AvgIpc) is 3.12. The largest absolute Gasteiger partial charge is 0.502 e. The summed E-state index contributed by atoms with van der Waals surface area (Å²) in [6.07, 6.45) is 2.80. The number of phenolic OH excluding ortho intramolecular Hbond substituents is 1. The number of hydrogen-bond acceptors (Lipinski definition) is 7. The lowest BCUT2D eigenvalue weighted by Crippen LogP contribution is -2.17. The van der Waals surface area contributed by atoms with E-state index in [4.69, 9.17) is 14.2 Å². The van der Waals surface area contributed by atoms with Gasteiger partial charge < -0.3 is 24.3 Å². The minimum atomic E-state index is -0.348. The number of nitrogens with zero attached hydrogens (tertiary/aromatic N) is 3. The van der Waals surface area contributed by atoms with Gasteiger partial charge in [-0.1, -0.05) is 0 Å². The summed E-state index contributed by atoms with van der Waals surface area (Å²) in [6, 6.07) is 8.62. The van der Waals surface area contributed by atoms with Crippen LogP contribution in [0.4, 0.5) is 0 Å². The molecule has 2 aromatic carbocycles. The van der Waals surface area contributed by atoms with Gasteiger partial charge in [-0.25, -0.2) is 4.98 Å². The summed E-state index contributed by atoms with van der Waals surface area (Å²) in [6.45, 7) is 0. The Hall–Kier alpha value is -4.01. The third kappa shape index (κ3) is 3.12. The van der Waals surface area contributed by atoms with E-state index >= 15 is 0 Å². The monoisotopic (exact) mass is 394 g/mol. The van der Waals surface area contributed by atoms with Crippen molar-refractivity contribution in [2.24, 2.45) is 5.10 Å². The third-order valence-electron chi connectivity index (χ3n) is 4.53. The molecule has 0 unspecified atom stereocenters. The quantitative estimate of drug-likeness (QED) is 0.503. The number of benzene rings is 2. The van der Waals surface area contributed by atoms with Gasteiger partial charge in [0.05, 0.1) is 33.1 Å². The Bertz CT molecular complexity index is 1280. The summed E-state index contributed by atoms with van der Waals surface area (Å²) in [5.41, 5.74) is 1.88. The molecule has 2 aromatic heterocycles. The zero-order chi connectivity index (χ0) is 20.5. The molecule has 0 aliphatic carbocycles. The molecule has 2 N–H and O–H groups in total. The molecule has 0 saturated heterocycles. The van der Waals surface area contributed by atoms with Gasteiger partial charge in [0, 0.05) is 17.0 Å². The average molecular weight is 394 g/mol. The lowest BCUT2D eigenvalue weighted by molar-refractivity contribution is 0.340. The molecule has 4 aromatic rings. The van der Waals surface area contributed by atoms with E-state index in [2.05, 4.69) is 15.1 Å². The van der Waals surface area contributed by atoms with Crippen molar-refractivity contribution in [2.45, 2.75) is 0 Å². The summed E-state index contributed by atoms with van der Waals surface area (Å²) in [7, 11) is 4.45. The van der Waals surface area contributed by atoms with Gasteiger partial charge in [0.1, 0.15) is 23.1 Å². The number of aromatic hydroxyl groups is 1. The summed E-state index contributed by atoms with van der Waals surface area (Å²) in [5, 5.41) is 15.0. The number of aromatic amines is 1. The highest BCUT2D eigenvalue weighted by molar-refractivity contribution is 6.04. The second-order valence-electron chi connectivity index (χ2n) is 6.17. The second kappa shape index (κ2) is 7.19. The first-order valence-corrected chi connectivity index (χ1v) is 8.62. The van der Waals surface area contributed by atoms with Crippen LogP contribution in [0.1, 0.15) is 5.56 Å². The number of nitrogens with one attached hydrogen (secondary N) is 1. The number of H-pyrrole nitrogens is 1. The van der Waals surface area contributed by atoms with Crippen LogP contribution in [0.3, 0.4) is 0 Å². The molecular formula is C20H18N4O5. The lowest BCUT2D eigenvalue weighted by Gasteiger charge is -2.09. The van der Waals surface area contributed by atoms with E-state index in [1.165, 1.54) is 26.8 Å². The van der Waals surface area contributed by atoms with Gasteiger partial charge in [0.15, 0.2) is 11.5 Å². The van der Waals surface area contributed by atoms with E-state index in [9.17, 15) is 9.90 Å². The fraction of sp³-hybridized carbons (Fsp3) is 0.150. The first kappa shape index (κ1) is 18.4. The standard InChI is InChI=1S/C20H18N4O5/c1-27-12-4-5-13-14(8-12)23-18-17(13)21-10-24(20(18)26)22-9-11-6-15(28-2)19(25)16(7-11)29-3/h4-10,23,25H,1-3H3/b22-9+. The first-order valence-electron chi connectivity index (χ1n) is 8.62. The van der Waals surface area contributed by atoms with Crippen molar-refractivity contribution in [1.29, 1.82) is 0 Å². The zero-order valence-electron chi connectivity index (χ0n) is 16.0. The fourth-order valence-corrected chi connectivity index (χ4v) is 3.06. The van der Waals surface area contributed by atoms with Crippen LogP contribution >= 0.6 is 0 Å². The maximum atomic E-state index is 12.8. The van der Waals surface area contributed by atoms with Crippen LogP contribution in [0.15, 0.2) is 46.6 Å². The van der Waals surface area contributed by atoms with Gasteiger partial charge >= 0.3 is 0 Å². The number of fused-ring (bicyclic) bond motifs is 3. The highest BCUT2D eigenvalue weighted by Gasteiger charge is 2.12. The molecule has 0 fully saturated rings. The molecule has 4 rings (SSSR count). The normalized spacial score (nSPS) is 11.4. The minimum Gasteiger partial charge on any atom is -0.502 e. The van der Waals surface area contributed by atoms with Crippen LogP contribution in [0.25, 0.3) is 21.9 Å². The number of aromatic nitrogens is 3. The molecule has 148 valence electrons. The van der Waals surface area contributed by atoms with Crippen LogP contribution in [0.5, 0.6) is 23.0 Å². The Morgan fingerprint density at radius 3 is 2.48 bits per heavy atom. The Balaban J connectivity index is 1.78. The van der Waals surface area contributed by atoms with Crippen molar-refractivity contribution in [2.75, 3.05) is 21.3 Å². The molecule has 9 heteroatoms. The van der Waals surface area contributed by atoms with Crippen molar-refractivity contribution >= 4 is 28.2 Å². The van der Waals surface area contributed by atoms with E-state index in [0.29, 0.717) is 22.3 Å². The lowest BCUT2D eigenvalue weighted by atomic mass is 10.2. The Labute approximate surface area is 164 Å². The Kier molecular flexibility index (Phi) is 4.55. The molecule has 0 aliphatic rings. The molecule has 29 heavy (non-hydrogen) atoms. The van der Waals surface area contributed by atoms with Gasteiger partial charge in [-0.15, -0.1) is 0 Å². The maximum Gasteiger partial charge on any atom is 0.298 e. The molecule has 0 saturated carbocycles. The van der Waals surface area contributed by atoms with Gasteiger partial charge in [-0.2, -0.15) is 9.78 Å².